The van der Waals surface area contributed by atoms with Gasteiger partial charge in [0.15, 0.2) is 0 Å². The van der Waals surface area contributed by atoms with Crippen LogP contribution in [0.25, 0.3) is 0 Å². The van der Waals surface area contributed by atoms with E-state index < -0.39 is 5.97 Å². The molecule has 2 aromatic heterocycles. The van der Waals surface area contributed by atoms with Crippen molar-refractivity contribution in [3.05, 3.63) is 34.3 Å². The summed E-state index contributed by atoms with van der Waals surface area (Å²) in [5.74, 6) is -0.736. The Bertz CT molecular complexity index is 549. The summed E-state index contributed by atoms with van der Waals surface area (Å²) in [6.45, 7) is 0.409. The van der Waals surface area contributed by atoms with E-state index in [-0.39, 0.29) is 16.6 Å². The molecule has 0 aliphatic rings. The number of carbonyl (C=O) groups is 2. The number of nitrogens with one attached hydrogen (secondary N) is 2. The number of hydrogen-bond acceptors (Lipinski definition) is 5. The molecule has 2 rings (SSSR count). The van der Waals surface area contributed by atoms with Crippen LogP contribution in [0.2, 0.25) is 0 Å². The predicted molar refractivity (Wildman–Crippen MR) is 63.7 cm³/mol. The minimum absolute atomic E-state index is 0.0915. The van der Waals surface area contributed by atoms with Gasteiger partial charge in [0, 0.05) is 30.7 Å². The Morgan fingerprint density at radius 1 is 1.50 bits per heavy atom. The van der Waals surface area contributed by atoms with Crippen LogP contribution in [0, 0.1) is 0 Å². The topological polar surface area (TPSA) is 108 Å². The molecular weight excluding hydrogens is 256 g/mol. The molecule has 7 nitrogen and oxygen atoms in total. The molecule has 0 aliphatic carbocycles. The van der Waals surface area contributed by atoms with Gasteiger partial charge >= 0.3 is 5.97 Å². The first-order valence-corrected chi connectivity index (χ1v) is 6.00. The van der Waals surface area contributed by atoms with Crippen molar-refractivity contribution < 1.29 is 14.7 Å². The number of thiazole rings is 1. The average molecular weight is 266 g/mol. The second-order valence-corrected chi connectivity index (χ2v) is 4.24. The zero-order chi connectivity index (χ0) is 13.0. The normalized spacial score (nSPS) is 10.2. The SMILES string of the molecule is O=C(NCCc1ncc[nH]1)c1csc(C(=O)O)n1. The van der Waals surface area contributed by atoms with Gasteiger partial charge in [-0.05, 0) is 0 Å². The molecule has 0 unspecified atom stereocenters. The third-order valence-corrected chi connectivity index (χ3v) is 2.95. The largest absolute Gasteiger partial charge is 0.476 e. The van der Waals surface area contributed by atoms with E-state index in [2.05, 4.69) is 20.3 Å². The number of nitrogens with zero attached hydrogens (tertiary/aromatic N) is 2. The average Bonchev–Trinajstić information content (AvgIpc) is 2.99. The molecule has 94 valence electrons. The highest BCUT2D eigenvalue weighted by molar-refractivity contribution is 7.11. The van der Waals surface area contributed by atoms with Crippen molar-refractivity contribution in [3.8, 4) is 0 Å². The van der Waals surface area contributed by atoms with Crippen molar-refractivity contribution in [1.29, 1.82) is 0 Å². The fourth-order valence-electron chi connectivity index (χ4n) is 1.30. The lowest BCUT2D eigenvalue weighted by Crippen LogP contribution is -2.26. The third kappa shape index (κ3) is 2.92. The Morgan fingerprint density at radius 3 is 2.94 bits per heavy atom. The van der Waals surface area contributed by atoms with Crippen LogP contribution in [0.5, 0.6) is 0 Å². The number of imidazole rings is 1. The number of carboxylic acid groups (broad SMARTS) is 1. The summed E-state index contributed by atoms with van der Waals surface area (Å²) in [6.07, 6.45) is 3.92. The second-order valence-electron chi connectivity index (χ2n) is 3.38. The molecule has 3 N–H and O–H groups in total. The number of aromatic nitrogens is 3. The van der Waals surface area contributed by atoms with Gasteiger partial charge in [-0.3, -0.25) is 4.79 Å². The smallest absolute Gasteiger partial charge is 0.365 e. The van der Waals surface area contributed by atoms with E-state index in [0.717, 1.165) is 17.2 Å². The van der Waals surface area contributed by atoms with Crippen molar-refractivity contribution in [2.75, 3.05) is 6.54 Å². The molecule has 0 aromatic carbocycles. The van der Waals surface area contributed by atoms with Crippen LogP contribution < -0.4 is 5.32 Å². The Hall–Kier alpha value is -2.22. The molecule has 0 aliphatic heterocycles. The minimum atomic E-state index is -1.13. The number of aromatic carboxylic acids is 1. The van der Waals surface area contributed by atoms with Gasteiger partial charge in [0.1, 0.15) is 11.5 Å². The minimum Gasteiger partial charge on any atom is -0.476 e. The van der Waals surface area contributed by atoms with Crippen LogP contribution >= 0.6 is 11.3 Å². The lowest BCUT2D eigenvalue weighted by molar-refractivity contribution is 0.0696. The van der Waals surface area contributed by atoms with Crippen LogP contribution in [0.3, 0.4) is 0 Å². The van der Waals surface area contributed by atoms with Gasteiger partial charge in [0.2, 0.25) is 5.01 Å². The highest BCUT2D eigenvalue weighted by Gasteiger charge is 2.14. The first kappa shape index (κ1) is 12.2. The number of rotatable bonds is 5. The van der Waals surface area contributed by atoms with Gasteiger partial charge in [-0.1, -0.05) is 0 Å². The van der Waals surface area contributed by atoms with E-state index in [1.54, 1.807) is 12.4 Å². The monoisotopic (exact) mass is 266 g/mol. The first-order valence-electron chi connectivity index (χ1n) is 5.12. The number of amides is 1. The predicted octanol–water partition coefficient (Wildman–Crippen LogP) is 0.537. The quantitative estimate of drug-likeness (QED) is 0.732. The summed E-state index contributed by atoms with van der Waals surface area (Å²) in [6, 6.07) is 0. The Kier molecular flexibility index (Phi) is 3.68. The summed E-state index contributed by atoms with van der Waals surface area (Å²) in [5.41, 5.74) is 0.122. The van der Waals surface area contributed by atoms with Gasteiger partial charge in [0.25, 0.3) is 5.91 Å². The summed E-state index contributed by atoms with van der Waals surface area (Å²) in [4.78, 5) is 32.9. The Labute approximate surface area is 106 Å². The van der Waals surface area contributed by atoms with Crippen LogP contribution in [0.1, 0.15) is 26.1 Å². The highest BCUT2D eigenvalue weighted by Crippen LogP contribution is 2.09. The summed E-state index contributed by atoms with van der Waals surface area (Å²) < 4.78 is 0. The van der Waals surface area contributed by atoms with Crippen molar-refractivity contribution in [1.82, 2.24) is 20.3 Å². The van der Waals surface area contributed by atoms with Crippen molar-refractivity contribution in [2.45, 2.75) is 6.42 Å². The van der Waals surface area contributed by atoms with Crippen LogP contribution in [0.4, 0.5) is 0 Å². The number of H-pyrrole nitrogens is 1. The highest BCUT2D eigenvalue weighted by atomic mass is 32.1. The standard InChI is InChI=1S/C10H10N4O3S/c15-8(6-5-18-9(14-6)10(16)17)13-2-1-7-11-3-4-12-7/h3-5H,1-2H2,(H,11,12)(H,13,15)(H,16,17). The summed E-state index contributed by atoms with van der Waals surface area (Å²) in [7, 11) is 0. The van der Waals surface area contributed by atoms with E-state index >= 15 is 0 Å². The molecule has 1 amide bonds. The molecular formula is C10H10N4O3S. The lowest BCUT2D eigenvalue weighted by atomic mass is 10.4. The van der Waals surface area contributed by atoms with Crippen molar-refractivity contribution in [3.63, 3.8) is 0 Å². The summed E-state index contributed by atoms with van der Waals surface area (Å²) in [5, 5.41) is 12.7. The molecule has 0 bridgehead atoms. The molecule has 0 saturated carbocycles. The van der Waals surface area contributed by atoms with E-state index in [4.69, 9.17) is 5.11 Å². The maximum atomic E-state index is 11.6. The van der Waals surface area contributed by atoms with Crippen molar-refractivity contribution >= 4 is 23.2 Å². The van der Waals surface area contributed by atoms with E-state index in [1.165, 1.54) is 5.38 Å². The molecule has 0 atom stereocenters. The second kappa shape index (κ2) is 5.41. The number of hydrogen-bond donors (Lipinski definition) is 3. The number of aromatic amines is 1. The molecule has 2 heterocycles. The first-order chi connectivity index (χ1) is 8.66. The molecule has 0 fully saturated rings. The lowest BCUT2D eigenvalue weighted by Gasteiger charge is -2.00. The zero-order valence-electron chi connectivity index (χ0n) is 9.21. The van der Waals surface area contributed by atoms with Crippen LogP contribution in [0.15, 0.2) is 17.8 Å². The Balaban J connectivity index is 1.85. The van der Waals surface area contributed by atoms with E-state index in [1.807, 2.05) is 0 Å². The number of carbonyl (C=O) groups excluding carboxylic acids is 1. The maximum Gasteiger partial charge on any atom is 0.365 e. The molecule has 0 saturated heterocycles. The fraction of sp³-hybridized carbons (Fsp3) is 0.200. The fourth-order valence-corrected chi connectivity index (χ4v) is 1.93. The van der Waals surface area contributed by atoms with Gasteiger partial charge in [-0.15, -0.1) is 11.3 Å². The van der Waals surface area contributed by atoms with Crippen LogP contribution in [-0.2, 0) is 6.42 Å². The van der Waals surface area contributed by atoms with Crippen molar-refractivity contribution in [2.24, 2.45) is 0 Å². The van der Waals surface area contributed by atoms with Gasteiger partial charge in [0.05, 0.1) is 0 Å². The van der Waals surface area contributed by atoms with Crippen LogP contribution in [-0.4, -0.2) is 38.5 Å². The third-order valence-electron chi connectivity index (χ3n) is 2.12. The van der Waals surface area contributed by atoms with Gasteiger partial charge < -0.3 is 15.4 Å². The molecule has 18 heavy (non-hydrogen) atoms. The maximum absolute atomic E-state index is 11.6. The van der Waals surface area contributed by atoms with Gasteiger partial charge in [-0.25, -0.2) is 14.8 Å². The zero-order valence-corrected chi connectivity index (χ0v) is 10.0. The van der Waals surface area contributed by atoms with E-state index in [9.17, 15) is 9.59 Å². The van der Waals surface area contributed by atoms with E-state index in [0.29, 0.717) is 13.0 Å². The molecule has 0 radical (unpaired) electrons. The Morgan fingerprint density at radius 2 is 2.33 bits per heavy atom. The molecule has 2 aromatic rings. The molecule has 0 spiro atoms. The molecule has 8 heteroatoms. The summed E-state index contributed by atoms with van der Waals surface area (Å²) >= 11 is 0.927. The van der Waals surface area contributed by atoms with Gasteiger partial charge in [-0.2, -0.15) is 0 Å². The number of carboxylic acids is 1.